The van der Waals surface area contributed by atoms with Crippen molar-refractivity contribution in [1.82, 2.24) is 4.98 Å². The highest BCUT2D eigenvalue weighted by atomic mass is 32.2. The van der Waals surface area contributed by atoms with Crippen molar-refractivity contribution in [1.29, 1.82) is 0 Å². The van der Waals surface area contributed by atoms with Crippen LogP contribution in [0.15, 0.2) is 63.1 Å². The first-order chi connectivity index (χ1) is 12.5. The third kappa shape index (κ3) is 4.42. The van der Waals surface area contributed by atoms with Gasteiger partial charge in [0.15, 0.2) is 12.2 Å². The van der Waals surface area contributed by atoms with Crippen LogP contribution in [-0.2, 0) is 9.59 Å². The van der Waals surface area contributed by atoms with Gasteiger partial charge >= 0.3 is 11.9 Å². The van der Waals surface area contributed by atoms with Gasteiger partial charge in [-0.2, -0.15) is 0 Å². The third-order valence-electron chi connectivity index (χ3n) is 3.20. The van der Waals surface area contributed by atoms with Crippen LogP contribution in [0.25, 0.3) is 17.2 Å². The number of carbonyl (C=O) groups is 2. The van der Waals surface area contributed by atoms with E-state index in [0.717, 1.165) is 11.8 Å². The Hall–Kier alpha value is -3.26. The first kappa shape index (κ1) is 17.6. The lowest BCUT2D eigenvalue weighted by Crippen LogP contribution is -2.09. The van der Waals surface area contributed by atoms with E-state index in [2.05, 4.69) is 4.98 Å². The number of oxazole rings is 1. The standard InChI is InChI=1S/C18H13NO6S/c20-16(21)10-24-12-5-3-4-11(8-12)9-15(17(22)23)26-18-19-13-6-1-2-7-14(13)25-18/h1-9H,10H2,(H,20,21)(H,22,23)/b15-9+. The van der Waals surface area contributed by atoms with E-state index in [4.69, 9.17) is 14.3 Å². The molecule has 0 saturated carbocycles. The topological polar surface area (TPSA) is 110 Å². The van der Waals surface area contributed by atoms with Gasteiger partial charge in [-0.25, -0.2) is 14.6 Å². The molecule has 132 valence electrons. The van der Waals surface area contributed by atoms with Crippen LogP contribution in [0.3, 0.4) is 0 Å². The molecular weight excluding hydrogens is 358 g/mol. The summed E-state index contributed by atoms with van der Waals surface area (Å²) >= 11 is 0.890. The van der Waals surface area contributed by atoms with Crippen molar-refractivity contribution in [2.24, 2.45) is 0 Å². The highest BCUT2D eigenvalue weighted by Gasteiger charge is 2.15. The summed E-state index contributed by atoms with van der Waals surface area (Å²) in [6, 6.07) is 13.6. The molecule has 0 aliphatic rings. The second-order valence-corrected chi connectivity index (χ2v) is 6.11. The molecule has 0 fully saturated rings. The van der Waals surface area contributed by atoms with Crippen LogP contribution in [0.5, 0.6) is 5.75 Å². The molecule has 0 spiro atoms. The summed E-state index contributed by atoms with van der Waals surface area (Å²) in [6.45, 7) is -0.476. The maximum atomic E-state index is 11.6. The first-order valence-corrected chi connectivity index (χ1v) is 8.26. The molecule has 3 aromatic rings. The molecule has 1 aromatic heterocycles. The Morgan fingerprint density at radius 2 is 1.96 bits per heavy atom. The Kier molecular flexibility index (Phi) is 5.23. The summed E-state index contributed by atoms with van der Waals surface area (Å²) in [5.74, 6) is -1.89. The Morgan fingerprint density at radius 1 is 1.15 bits per heavy atom. The lowest BCUT2D eigenvalue weighted by Gasteiger charge is -2.04. The average Bonchev–Trinajstić information content (AvgIpc) is 3.02. The summed E-state index contributed by atoms with van der Waals surface area (Å²) < 4.78 is 10.6. The molecule has 1 heterocycles. The van der Waals surface area contributed by atoms with E-state index in [1.165, 1.54) is 6.08 Å². The predicted molar refractivity (Wildman–Crippen MR) is 95.1 cm³/mol. The van der Waals surface area contributed by atoms with Gasteiger partial charge in [-0.15, -0.1) is 0 Å². The van der Waals surface area contributed by atoms with Crippen LogP contribution >= 0.6 is 11.8 Å². The molecule has 0 aliphatic carbocycles. The summed E-state index contributed by atoms with van der Waals surface area (Å²) in [6.07, 6.45) is 1.44. The minimum Gasteiger partial charge on any atom is -0.482 e. The molecule has 0 radical (unpaired) electrons. The van der Waals surface area contributed by atoms with E-state index < -0.39 is 18.5 Å². The average molecular weight is 371 g/mol. The molecule has 0 bridgehead atoms. The van der Waals surface area contributed by atoms with Crippen molar-refractivity contribution >= 4 is 40.9 Å². The number of rotatable bonds is 7. The Bertz CT molecular complexity index is 961. The molecule has 3 rings (SSSR count). The largest absolute Gasteiger partial charge is 0.482 e. The number of fused-ring (bicyclic) bond motifs is 1. The van der Waals surface area contributed by atoms with Gasteiger partial charge in [0.2, 0.25) is 0 Å². The Morgan fingerprint density at radius 3 is 2.69 bits per heavy atom. The number of thioether (sulfide) groups is 1. The van der Waals surface area contributed by atoms with Gasteiger partial charge in [0.1, 0.15) is 16.2 Å². The molecule has 0 unspecified atom stereocenters. The van der Waals surface area contributed by atoms with E-state index in [1.54, 1.807) is 42.5 Å². The lowest BCUT2D eigenvalue weighted by molar-refractivity contribution is -0.139. The molecule has 2 aromatic carbocycles. The number of para-hydroxylation sites is 2. The highest BCUT2D eigenvalue weighted by molar-refractivity contribution is 8.03. The lowest BCUT2D eigenvalue weighted by atomic mass is 10.2. The second-order valence-electron chi connectivity index (χ2n) is 5.12. The number of nitrogens with zero attached hydrogens (tertiary/aromatic N) is 1. The summed E-state index contributed by atoms with van der Waals surface area (Å²) in [7, 11) is 0. The van der Waals surface area contributed by atoms with Gasteiger partial charge in [0.05, 0.1) is 0 Å². The number of aliphatic carboxylic acids is 2. The van der Waals surface area contributed by atoms with Gasteiger partial charge in [-0.3, -0.25) is 0 Å². The van der Waals surface area contributed by atoms with Crippen LogP contribution in [0.2, 0.25) is 0 Å². The Labute approximate surface area is 151 Å². The predicted octanol–water partition coefficient (Wildman–Crippen LogP) is 3.51. The van der Waals surface area contributed by atoms with Crippen LogP contribution in [0.4, 0.5) is 0 Å². The zero-order valence-corrected chi connectivity index (χ0v) is 14.1. The molecule has 0 saturated heterocycles. The summed E-state index contributed by atoms with van der Waals surface area (Å²) in [5.41, 5.74) is 1.77. The number of hydrogen-bond donors (Lipinski definition) is 2. The number of carboxylic acids is 2. The van der Waals surface area contributed by atoms with E-state index in [0.29, 0.717) is 22.4 Å². The molecule has 26 heavy (non-hydrogen) atoms. The molecule has 0 atom stereocenters. The number of aromatic nitrogens is 1. The third-order valence-corrected chi connectivity index (χ3v) is 4.06. The molecule has 8 heteroatoms. The normalized spacial score (nSPS) is 11.5. The van der Waals surface area contributed by atoms with E-state index in [1.807, 2.05) is 6.07 Å². The van der Waals surface area contributed by atoms with Gasteiger partial charge < -0.3 is 19.4 Å². The van der Waals surface area contributed by atoms with Crippen molar-refractivity contribution in [3.63, 3.8) is 0 Å². The van der Waals surface area contributed by atoms with E-state index >= 15 is 0 Å². The van der Waals surface area contributed by atoms with Crippen LogP contribution in [0, 0.1) is 0 Å². The summed E-state index contributed by atoms with van der Waals surface area (Å²) in [5, 5.41) is 18.3. The fourth-order valence-electron chi connectivity index (χ4n) is 2.11. The first-order valence-electron chi connectivity index (χ1n) is 7.44. The molecule has 0 aliphatic heterocycles. The highest BCUT2D eigenvalue weighted by Crippen LogP contribution is 2.31. The number of hydrogen-bond acceptors (Lipinski definition) is 6. The zero-order valence-electron chi connectivity index (χ0n) is 13.3. The number of benzene rings is 2. The zero-order chi connectivity index (χ0) is 18.5. The minimum atomic E-state index is -1.13. The van der Waals surface area contributed by atoms with Crippen LogP contribution in [-0.4, -0.2) is 33.7 Å². The second kappa shape index (κ2) is 7.75. The van der Waals surface area contributed by atoms with E-state index in [9.17, 15) is 14.7 Å². The van der Waals surface area contributed by atoms with Gasteiger partial charge in [-0.1, -0.05) is 24.3 Å². The molecule has 7 nitrogen and oxygen atoms in total. The van der Waals surface area contributed by atoms with Crippen molar-refractivity contribution in [2.45, 2.75) is 5.22 Å². The molecule has 2 N–H and O–H groups in total. The summed E-state index contributed by atoms with van der Waals surface area (Å²) in [4.78, 5) is 26.4. The quantitative estimate of drug-likeness (QED) is 0.480. The van der Waals surface area contributed by atoms with Crippen LogP contribution in [0.1, 0.15) is 5.56 Å². The smallest absolute Gasteiger partial charge is 0.342 e. The minimum absolute atomic E-state index is 0.00643. The van der Waals surface area contributed by atoms with E-state index in [-0.39, 0.29) is 10.1 Å². The van der Waals surface area contributed by atoms with Crippen molar-refractivity contribution in [2.75, 3.05) is 6.61 Å². The fourth-order valence-corrected chi connectivity index (χ4v) is 2.86. The Balaban J connectivity index is 1.84. The maximum Gasteiger partial charge on any atom is 0.342 e. The SMILES string of the molecule is O=C(O)COc1cccc(/C=C(/Sc2nc3ccccc3o2)C(=O)O)c1. The van der Waals surface area contributed by atoms with Crippen LogP contribution < -0.4 is 4.74 Å². The van der Waals surface area contributed by atoms with Crippen molar-refractivity contribution < 1.29 is 29.0 Å². The van der Waals surface area contributed by atoms with Crippen molar-refractivity contribution in [3.05, 3.63) is 59.0 Å². The molecular formula is C18H13NO6S. The van der Waals surface area contributed by atoms with Gasteiger partial charge in [-0.05, 0) is 47.7 Å². The monoisotopic (exact) mass is 371 g/mol. The van der Waals surface area contributed by atoms with Gasteiger partial charge in [0, 0.05) is 0 Å². The van der Waals surface area contributed by atoms with Gasteiger partial charge in [0.25, 0.3) is 5.22 Å². The van der Waals surface area contributed by atoms with Crippen molar-refractivity contribution in [3.8, 4) is 5.75 Å². The maximum absolute atomic E-state index is 11.6. The molecule has 0 amide bonds. The fraction of sp³-hybridized carbons (Fsp3) is 0.0556. The number of carboxylic acid groups (broad SMARTS) is 2. The number of ether oxygens (including phenoxy) is 1.